The van der Waals surface area contributed by atoms with E-state index in [1.165, 1.54) is 13.8 Å². The van der Waals surface area contributed by atoms with Crippen LogP contribution in [0, 0.1) is 0 Å². The molecule has 0 aliphatic heterocycles. The molecule has 61 heavy (non-hydrogen) atoms. The largest absolute Gasteiger partial charge is 0.368 e. The van der Waals surface area contributed by atoms with E-state index in [2.05, 4.69) is 31.6 Å². The van der Waals surface area contributed by atoms with Gasteiger partial charge in [-0.05, 0) is 73.2 Å². The number of para-hydroxylation sites is 1. The van der Waals surface area contributed by atoms with Crippen molar-refractivity contribution >= 4 is 69.5 Å². The SMILES string of the molecule is C[C@H](N)C(=O)N[C@H](Cc1ccc2ccccc2c1)C(=O)N[C@@H](C)C(=O)N[C@@H](Cc1c[nH]c2ccccc12)C(=O)N[C@H](Cc1ccccc1)C(=O)N[C@@H](CCCCN)C(N)=O.Cl. The molecule has 0 aliphatic rings. The number of carbonyl (C=O) groups excluding carboxylic acids is 6. The van der Waals surface area contributed by atoms with Crippen molar-refractivity contribution in [1.29, 1.82) is 0 Å². The van der Waals surface area contributed by atoms with Gasteiger partial charge in [-0.1, -0.05) is 91.0 Å². The first-order valence-corrected chi connectivity index (χ1v) is 20.2. The lowest BCUT2D eigenvalue weighted by atomic mass is 10.0. The van der Waals surface area contributed by atoms with Gasteiger partial charge >= 0.3 is 0 Å². The second kappa shape index (κ2) is 22.9. The Balaban J connectivity index is 0.00000819. The molecule has 4 aromatic carbocycles. The fraction of sp³-hybridized carbons (Fsp3) is 0.333. The molecule has 324 valence electrons. The van der Waals surface area contributed by atoms with Gasteiger partial charge in [-0.25, -0.2) is 0 Å². The molecule has 15 nitrogen and oxygen atoms in total. The molecule has 0 saturated carbocycles. The highest BCUT2D eigenvalue weighted by atomic mass is 35.5. The topological polar surface area (TPSA) is 256 Å². The van der Waals surface area contributed by atoms with E-state index in [9.17, 15) is 28.8 Å². The third kappa shape index (κ3) is 13.6. The first-order valence-electron chi connectivity index (χ1n) is 20.2. The number of unbranched alkanes of at least 4 members (excludes halogenated alkanes) is 1. The predicted molar refractivity (Wildman–Crippen MR) is 238 cm³/mol. The van der Waals surface area contributed by atoms with E-state index in [1.54, 1.807) is 30.5 Å². The number of benzene rings is 4. The molecular weight excluding hydrogens is 798 g/mol. The number of aromatic nitrogens is 1. The molecule has 6 atom stereocenters. The van der Waals surface area contributed by atoms with Crippen molar-refractivity contribution in [3.05, 3.63) is 120 Å². The number of aromatic amines is 1. The van der Waals surface area contributed by atoms with Crippen molar-refractivity contribution in [2.75, 3.05) is 6.54 Å². The fourth-order valence-electron chi connectivity index (χ4n) is 6.90. The Bertz CT molecular complexity index is 2280. The van der Waals surface area contributed by atoms with Crippen molar-refractivity contribution in [3.63, 3.8) is 0 Å². The van der Waals surface area contributed by atoms with E-state index in [0.717, 1.165) is 38.4 Å². The third-order valence-electron chi connectivity index (χ3n) is 10.3. The van der Waals surface area contributed by atoms with Crippen LogP contribution in [-0.2, 0) is 48.0 Å². The molecule has 0 fully saturated rings. The van der Waals surface area contributed by atoms with Crippen LogP contribution in [0.1, 0.15) is 49.8 Å². The molecule has 0 saturated heterocycles. The maximum atomic E-state index is 14.3. The standard InChI is InChI=1S/C45H55N9O6.ClH/c1-27(47)41(56)52-38(24-30-19-20-31-14-6-7-15-32(31)22-30)43(58)50-28(2)42(57)53-39(25-33-26-49-35-17-9-8-16-34(33)35)45(60)54-37(23-29-12-4-3-5-13-29)44(59)51-36(40(48)55)18-10-11-21-46;/h3-9,12-17,19-20,22,26-28,36-39,49H,10-11,18,21,23-25,46-47H2,1-2H3,(H2,48,55)(H,50,58)(H,51,59)(H,52,56)(H,53,57)(H,54,60);1H/t27-,28-,36-,37+,38+,39-;/m0./s1. The van der Waals surface area contributed by atoms with Crippen molar-refractivity contribution in [3.8, 4) is 0 Å². The number of amides is 6. The van der Waals surface area contributed by atoms with Gasteiger partial charge in [0.15, 0.2) is 0 Å². The quantitative estimate of drug-likeness (QED) is 0.0494. The van der Waals surface area contributed by atoms with E-state index in [1.807, 2.05) is 72.8 Å². The average Bonchev–Trinajstić information content (AvgIpc) is 3.65. The van der Waals surface area contributed by atoms with Gasteiger partial charge < -0.3 is 48.8 Å². The normalized spacial score (nSPS) is 14.0. The van der Waals surface area contributed by atoms with Crippen molar-refractivity contribution in [2.45, 2.75) is 88.6 Å². The fourth-order valence-corrected chi connectivity index (χ4v) is 6.90. The summed E-state index contributed by atoms with van der Waals surface area (Å²) in [7, 11) is 0. The number of primary amides is 1. The van der Waals surface area contributed by atoms with E-state index < -0.39 is 71.7 Å². The zero-order valence-corrected chi connectivity index (χ0v) is 35.1. The smallest absolute Gasteiger partial charge is 0.243 e. The zero-order valence-electron chi connectivity index (χ0n) is 34.3. The molecular formula is C45H56ClN9O6. The van der Waals surface area contributed by atoms with Crippen LogP contribution in [0.5, 0.6) is 0 Å². The number of nitrogens with two attached hydrogens (primary N) is 3. The zero-order chi connectivity index (χ0) is 43.2. The summed E-state index contributed by atoms with van der Waals surface area (Å²) < 4.78 is 0. The number of hydrogen-bond donors (Lipinski definition) is 9. The molecule has 6 amide bonds. The minimum atomic E-state index is -1.23. The van der Waals surface area contributed by atoms with Gasteiger partial charge in [0.25, 0.3) is 0 Å². The maximum absolute atomic E-state index is 14.3. The van der Waals surface area contributed by atoms with E-state index in [0.29, 0.717) is 19.4 Å². The molecule has 5 aromatic rings. The second-order valence-corrected chi connectivity index (χ2v) is 15.1. The van der Waals surface area contributed by atoms with Crippen molar-refractivity contribution in [1.82, 2.24) is 31.6 Å². The van der Waals surface area contributed by atoms with Crippen LogP contribution in [0.15, 0.2) is 103 Å². The molecule has 1 heterocycles. The highest BCUT2D eigenvalue weighted by Crippen LogP contribution is 2.20. The van der Waals surface area contributed by atoms with Crippen LogP contribution in [0.4, 0.5) is 0 Å². The molecule has 0 bridgehead atoms. The Hall–Kier alpha value is -6.29. The number of fused-ring (bicyclic) bond motifs is 2. The van der Waals surface area contributed by atoms with Crippen LogP contribution in [0.2, 0.25) is 0 Å². The van der Waals surface area contributed by atoms with Crippen LogP contribution >= 0.6 is 12.4 Å². The van der Waals surface area contributed by atoms with Crippen LogP contribution in [0.3, 0.4) is 0 Å². The van der Waals surface area contributed by atoms with Gasteiger partial charge in [0.2, 0.25) is 35.4 Å². The summed E-state index contributed by atoms with van der Waals surface area (Å²) in [5.41, 5.74) is 20.2. The lowest BCUT2D eigenvalue weighted by Gasteiger charge is -2.26. The summed E-state index contributed by atoms with van der Waals surface area (Å²) in [6.07, 6.45) is 3.39. The number of carbonyl (C=O) groups is 6. The van der Waals surface area contributed by atoms with Gasteiger partial charge in [-0.2, -0.15) is 0 Å². The molecule has 16 heteroatoms. The summed E-state index contributed by atoms with van der Waals surface area (Å²) in [6.45, 7) is 3.38. The van der Waals surface area contributed by atoms with Crippen LogP contribution in [-0.4, -0.2) is 83.2 Å². The Kier molecular flexibility index (Phi) is 17.8. The number of nitrogens with one attached hydrogen (secondary N) is 6. The Morgan fingerprint density at radius 1 is 0.590 bits per heavy atom. The van der Waals surface area contributed by atoms with Gasteiger partial charge in [-0.3, -0.25) is 28.8 Å². The number of H-pyrrole nitrogens is 1. The maximum Gasteiger partial charge on any atom is 0.243 e. The first-order chi connectivity index (χ1) is 28.8. The number of halogens is 1. The minimum Gasteiger partial charge on any atom is -0.368 e. The van der Waals surface area contributed by atoms with Crippen molar-refractivity contribution in [2.24, 2.45) is 17.2 Å². The van der Waals surface area contributed by atoms with Crippen LogP contribution < -0.4 is 43.8 Å². The lowest BCUT2D eigenvalue weighted by molar-refractivity contribution is -0.134. The monoisotopic (exact) mass is 853 g/mol. The molecule has 0 radical (unpaired) electrons. The second-order valence-electron chi connectivity index (χ2n) is 15.1. The highest BCUT2D eigenvalue weighted by molar-refractivity contribution is 5.97. The van der Waals surface area contributed by atoms with Gasteiger partial charge in [-0.15, -0.1) is 12.4 Å². The van der Waals surface area contributed by atoms with Crippen molar-refractivity contribution < 1.29 is 28.8 Å². The third-order valence-corrected chi connectivity index (χ3v) is 10.3. The minimum absolute atomic E-state index is 0. The predicted octanol–water partition coefficient (Wildman–Crippen LogP) is 2.18. The summed E-state index contributed by atoms with van der Waals surface area (Å²) in [6, 6.07) is 23.4. The molecule has 0 spiro atoms. The lowest BCUT2D eigenvalue weighted by Crippen LogP contribution is -2.59. The summed E-state index contributed by atoms with van der Waals surface area (Å²) in [4.78, 5) is 84.2. The molecule has 1 aromatic heterocycles. The number of hydrogen-bond acceptors (Lipinski definition) is 8. The summed E-state index contributed by atoms with van der Waals surface area (Å²) in [5.74, 6) is -3.90. The van der Waals surface area contributed by atoms with Gasteiger partial charge in [0, 0.05) is 36.4 Å². The first kappa shape index (κ1) is 47.4. The van der Waals surface area contributed by atoms with Gasteiger partial charge in [0.1, 0.15) is 30.2 Å². The Morgan fingerprint density at radius 3 is 1.82 bits per heavy atom. The average molecular weight is 854 g/mol. The van der Waals surface area contributed by atoms with E-state index >= 15 is 0 Å². The molecule has 0 unspecified atom stereocenters. The summed E-state index contributed by atoms with van der Waals surface area (Å²) in [5, 5.41) is 16.5. The molecule has 0 aliphatic carbocycles. The number of rotatable bonds is 21. The van der Waals surface area contributed by atoms with E-state index in [4.69, 9.17) is 17.2 Å². The Morgan fingerprint density at radius 2 is 1.15 bits per heavy atom. The highest BCUT2D eigenvalue weighted by Gasteiger charge is 2.32. The Labute approximate surface area is 361 Å². The van der Waals surface area contributed by atoms with Crippen LogP contribution in [0.25, 0.3) is 21.7 Å². The summed E-state index contributed by atoms with van der Waals surface area (Å²) >= 11 is 0. The molecule has 5 rings (SSSR count). The van der Waals surface area contributed by atoms with E-state index in [-0.39, 0.29) is 38.1 Å². The van der Waals surface area contributed by atoms with Gasteiger partial charge in [0.05, 0.1) is 6.04 Å². The molecule has 12 N–H and O–H groups in total.